The Bertz CT molecular complexity index is 1440. The third-order valence-corrected chi connectivity index (χ3v) is 7.95. The first-order valence-corrected chi connectivity index (χ1v) is 14.2. The van der Waals surface area contributed by atoms with Gasteiger partial charge < -0.3 is 15.0 Å². The summed E-state index contributed by atoms with van der Waals surface area (Å²) in [5, 5.41) is 2.87. The number of benzene rings is 3. The molecule has 8 nitrogen and oxygen atoms in total. The second-order valence-electron chi connectivity index (χ2n) is 10.6. The topological polar surface area (TPSA) is 96.0 Å². The number of carbonyl (C=O) groups excluding carboxylic acids is 2. The van der Waals surface area contributed by atoms with E-state index in [1.54, 1.807) is 37.3 Å². The van der Waals surface area contributed by atoms with E-state index >= 15 is 0 Å². The lowest BCUT2D eigenvalue weighted by atomic mass is 10.1. The van der Waals surface area contributed by atoms with Gasteiger partial charge in [0.05, 0.1) is 17.7 Å². The van der Waals surface area contributed by atoms with Gasteiger partial charge in [-0.05, 0) is 76.6 Å². The lowest BCUT2D eigenvalue weighted by Crippen LogP contribution is -2.54. The summed E-state index contributed by atoms with van der Waals surface area (Å²) >= 11 is 0. The first-order chi connectivity index (χ1) is 18.7. The maximum atomic E-state index is 13.9. The number of nitrogens with zero attached hydrogens (tertiary/aromatic N) is 2. The Morgan fingerprint density at radius 3 is 2.20 bits per heavy atom. The van der Waals surface area contributed by atoms with Crippen molar-refractivity contribution in [3.8, 4) is 5.75 Å². The number of carbonyl (C=O) groups is 2. The second kappa shape index (κ2) is 12.5. The molecule has 0 saturated carbocycles. The molecule has 0 spiro atoms. The highest BCUT2D eigenvalue weighted by molar-refractivity contribution is 7.92. The Hall–Kier alpha value is -3.92. The molecule has 0 aliphatic carbocycles. The number of hydrogen-bond acceptors (Lipinski definition) is 5. The number of methoxy groups -OCH3 is 1. The summed E-state index contributed by atoms with van der Waals surface area (Å²) in [7, 11) is -2.74. The van der Waals surface area contributed by atoms with Crippen molar-refractivity contribution < 1.29 is 27.1 Å². The number of amides is 2. The van der Waals surface area contributed by atoms with Gasteiger partial charge in [0.25, 0.3) is 10.0 Å². The van der Waals surface area contributed by atoms with Crippen LogP contribution in [-0.2, 0) is 26.2 Å². The molecular formula is C30H36FN3O5S. The van der Waals surface area contributed by atoms with Crippen LogP contribution < -0.4 is 14.4 Å². The normalized spacial score (nSPS) is 12.4. The zero-order chi connectivity index (χ0) is 29.7. The first-order valence-electron chi connectivity index (χ1n) is 12.8. The number of nitrogens with one attached hydrogen (secondary N) is 1. The summed E-state index contributed by atoms with van der Waals surface area (Å²) in [4.78, 5) is 28.4. The summed E-state index contributed by atoms with van der Waals surface area (Å²) in [5.74, 6) is -1.04. The summed E-state index contributed by atoms with van der Waals surface area (Å²) in [6, 6.07) is 17.3. The van der Waals surface area contributed by atoms with Crippen LogP contribution in [0.2, 0.25) is 0 Å². The Kier molecular flexibility index (Phi) is 9.57. The molecule has 2 amide bonds. The van der Waals surface area contributed by atoms with Gasteiger partial charge in [-0.25, -0.2) is 12.8 Å². The number of halogens is 1. The van der Waals surface area contributed by atoms with Gasteiger partial charge in [0.2, 0.25) is 11.8 Å². The van der Waals surface area contributed by atoms with Crippen molar-refractivity contribution in [2.75, 3.05) is 18.0 Å². The molecular weight excluding hydrogens is 533 g/mol. The van der Waals surface area contributed by atoms with Crippen LogP contribution in [0.15, 0.2) is 77.7 Å². The second-order valence-corrected chi connectivity index (χ2v) is 12.5. The number of ether oxygens (including phenoxy) is 1. The predicted octanol–water partition coefficient (Wildman–Crippen LogP) is 4.67. The van der Waals surface area contributed by atoms with Crippen molar-refractivity contribution in [2.24, 2.45) is 0 Å². The summed E-state index contributed by atoms with van der Waals surface area (Å²) < 4.78 is 47.6. The van der Waals surface area contributed by atoms with E-state index in [-0.39, 0.29) is 17.1 Å². The van der Waals surface area contributed by atoms with E-state index in [1.165, 1.54) is 54.5 Å². The minimum absolute atomic E-state index is 0.0114. The van der Waals surface area contributed by atoms with Crippen LogP contribution >= 0.6 is 0 Å². The van der Waals surface area contributed by atoms with Crippen LogP contribution in [0.25, 0.3) is 0 Å². The van der Waals surface area contributed by atoms with Gasteiger partial charge >= 0.3 is 0 Å². The molecule has 0 bridgehead atoms. The Balaban J connectivity index is 2.05. The van der Waals surface area contributed by atoms with E-state index in [9.17, 15) is 22.4 Å². The van der Waals surface area contributed by atoms with E-state index in [2.05, 4.69) is 5.32 Å². The first kappa shape index (κ1) is 30.6. The lowest BCUT2D eigenvalue weighted by molar-refractivity contribution is -0.140. The third-order valence-electron chi connectivity index (χ3n) is 6.16. The molecule has 3 aromatic carbocycles. The van der Waals surface area contributed by atoms with E-state index in [4.69, 9.17) is 4.74 Å². The highest BCUT2D eigenvalue weighted by Crippen LogP contribution is 2.28. The number of anilines is 1. The molecule has 0 aromatic heterocycles. The average Bonchev–Trinajstić information content (AvgIpc) is 2.90. The van der Waals surface area contributed by atoms with Gasteiger partial charge in [-0.2, -0.15) is 0 Å². The number of rotatable bonds is 10. The van der Waals surface area contributed by atoms with Crippen molar-refractivity contribution in [2.45, 2.75) is 57.6 Å². The fourth-order valence-electron chi connectivity index (χ4n) is 3.97. The monoisotopic (exact) mass is 569 g/mol. The molecule has 40 heavy (non-hydrogen) atoms. The molecule has 0 unspecified atom stereocenters. The number of sulfonamides is 1. The minimum atomic E-state index is -4.20. The van der Waals surface area contributed by atoms with Crippen LogP contribution in [0.5, 0.6) is 5.75 Å². The molecule has 0 fully saturated rings. The third kappa shape index (κ3) is 7.81. The molecule has 1 N–H and O–H groups in total. The van der Waals surface area contributed by atoms with Crippen LogP contribution in [0.1, 0.15) is 38.8 Å². The zero-order valence-electron chi connectivity index (χ0n) is 23.6. The van der Waals surface area contributed by atoms with Crippen molar-refractivity contribution >= 4 is 27.5 Å². The van der Waals surface area contributed by atoms with Gasteiger partial charge in [-0.3, -0.25) is 13.9 Å². The SMILES string of the molecule is COc1cccc(N(CC(=O)N(Cc2ccc(F)cc2)[C@@H](C)C(=O)NC(C)(C)C)S(=O)(=O)c2ccc(C)cc2)c1. The molecule has 1 atom stereocenters. The molecule has 214 valence electrons. The molecule has 0 aliphatic heterocycles. The van der Waals surface area contributed by atoms with Crippen LogP contribution in [0, 0.1) is 12.7 Å². The minimum Gasteiger partial charge on any atom is -0.497 e. The molecule has 0 radical (unpaired) electrons. The number of hydrogen-bond donors (Lipinski definition) is 1. The van der Waals surface area contributed by atoms with Crippen LogP contribution in [-0.4, -0.2) is 50.4 Å². The summed E-state index contributed by atoms with van der Waals surface area (Å²) in [6.07, 6.45) is 0. The Morgan fingerprint density at radius 1 is 1.00 bits per heavy atom. The molecule has 10 heteroatoms. The Labute approximate surface area is 235 Å². The lowest BCUT2D eigenvalue weighted by Gasteiger charge is -2.33. The van der Waals surface area contributed by atoms with E-state index < -0.39 is 45.8 Å². The maximum absolute atomic E-state index is 13.9. The molecule has 0 aliphatic rings. The zero-order valence-corrected chi connectivity index (χ0v) is 24.5. The quantitative estimate of drug-likeness (QED) is 0.383. The van der Waals surface area contributed by atoms with Crippen molar-refractivity contribution in [3.05, 3.63) is 89.7 Å². The standard InChI is InChI=1S/C30H36FN3O5S/c1-21-10-16-27(17-11-21)40(37,38)34(25-8-7-9-26(18-25)39-6)20-28(35)33(19-23-12-14-24(31)15-13-23)22(2)29(36)32-30(3,4)5/h7-18,22H,19-20H2,1-6H3,(H,32,36)/t22-/m0/s1. The van der Waals surface area contributed by atoms with Crippen molar-refractivity contribution in [1.82, 2.24) is 10.2 Å². The molecule has 3 rings (SSSR count). The summed E-state index contributed by atoms with van der Waals surface area (Å²) in [5.41, 5.74) is 1.13. The largest absolute Gasteiger partial charge is 0.497 e. The predicted molar refractivity (Wildman–Crippen MR) is 153 cm³/mol. The fourth-order valence-corrected chi connectivity index (χ4v) is 5.38. The average molecular weight is 570 g/mol. The van der Waals surface area contributed by atoms with Gasteiger partial charge in [0.15, 0.2) is 0 Å². The van der Waals surface area contributed by atoms with E-state index in [0.29, 0.717) is 11.3 Å². The van der Waals surface area contributed by atoms with Crippen molar-refractivity contribution in [3.63, 3.8) is 0 Å². The highest BCUT2D eigenvalue weighted by Gasteiger charge is 2.33. The van der Waals surface area contributed by atoms with Crippen LogP contribution in [0.3, 0.4) is 0 Å². The Morgan fingerprint density at radius 2 is 1.62 bits per heavy atom. The molecule has 3 aromatic rings. The van der Waals surface area contributed by atoms with E-state index in [1.807, 2.05) is 27.7 Å². The smallest absolute Gasteiger partial charge is 0.264 e. The van der Waals surface area contributed by atoms with Crippen LogP contribution in [0.4, 0.5) is 10.1 Å². The summed E-state index contributed by atoms with van der Waals surface area (Å²) in [6.45, 7) is 8.27. The number of aryl methyl sites for hydroxylation is 1. The maximum Gasteiger partial charge on any atom is 0.264 e. The van der Waals surface area contributed by atoms with E-state index in [0.717, 1.165) is 9.87 Å². The fraction of sp³-hybridized carbons (Fsp3) is 0.333. The molecule has 0 heterocycles. The van der Waals surface area contributed by atoms with Gasteiger partial charge in [-0.15, -0.1) is 0 Å². The van der Waals surface area contributed by atoms with Gasteiger partial charge in [-0.1, -0.05) is 35.9 Å². The van der Waals surface area contributed by atoms with Gasteiger partial charge in [0, 0.05) is 18.2 Å². The van der Waals surface area contributed by atoms with Gasteiger partial charge in [0.1, 0.15) is 24.2 Å². The molecule has 0 saturated heterocycles. The van der Waals surface area contributed by atoms with Crippen molar-refractivity contribution in [1.29, 1.82) is 0 Å². The highest BCUT2D eigenvalue weighted by atomic mass is 32.2.